The van der Waals surface area contributed by atoms with Gasteiger partial charge in [0.05, 0.1) is 11.8 Å². The number of hydrogen-bond donors (Lipinski definition) is 2. The van der Waals surface area contributed by atoms with Gasteiger partial charge in [-0.2, -0.15) is 0 Å². The Bertz CT molecular complexity index is 563. The molecule has 6 nitrogen and oxygen atoms in total. The summed E-state index contributed by atoms with van der Waals surface area (Å²) in [6.45, 7) is 1.73. The van der Waals surface area contributed by atoms with Crippen LogP contribution in [-0.4, -0.2) is 22.1 Å². The van der Waals surface area contributed by atoms with Gasteiger partial charge < -0.3 is 14.9 Å². The molecule has 6 heteroatoms. The zero-order valence-corrected chi connectivity index (χ0v) is 10.4. The maximum Gasteiger partial charge on any atom is 0.307 e. The number of nitrogens with one attached hydrogen (secondary N) is 1. The molecule has 1 fully saturated rings. The first-order valence-corrected chi connectivity index (χ1v) is 6.21. The maximum absolute atomic E-state index is 12.2. The molecule has 0 aliphatic heterocycles. The smallest absolute Gasteiger partial charge is 0.307 e. The molecule has 2 aliphatic rings. The van der Waals surface area contributed by atoms with E-state index in [1.807, 2.05) is 12.2 Å². The van der Waals surface area contributed by atoms with Crippen molar-refractivity contribution < 1.29 is 19.2 Å². The average molecular weight is 262 g/mol. The van der Waals surface area contributed by atoms with Crippen LogP contribution >= 0.6 is 0 Å². The highest BCUT2D eigenvalue weighted by molar-refractivity contribution is 5.95. The molecule has 19 heavy (non-hydrogen) atoms. The van der Waals surface area contributed by atoms with Gasteiger partial charge >= 0.3 is 5.97 Å². The summed E-state index contributed by atoms with van der Waals surface area (Å²) in [6.07, 6.45) is 4.60. The van der Waals surface area contributed by atoms with Crippen molar-refractivity contribution in [3.05, 3.63) is 24.0 Å². The number of aromatic nitrogens is 1. The fraction of sp³-hybridized carbons (Fsp3) is 0.462. The van der Waals surface area contributed by atoms with Crippen LogP contribution in [0.1, 0.15) is 12.2 Å². The van der Waals surface area contributed by atoms with Gasteiger partial charge in [-0.3, -0.25) is 9.59 Å². The van der Waals surface area contributed by atoms with Crippen molar-refractivity contribution in [2.45, 2.75) is 13.3 Å². The van der Waals surface area contributed by atoms with Gasteiger partial charge in [-0.1, -0.05) is 17.3 Å². The minimum Gasteiger partial charge on any atom is -0.481 e. The molecule has 0 saturated heterocycles. The van der Waals surface area contributed by atoms with E-state index in [-0.39, 0.29) is 17.7 Å². The fourth-order valence-corrected chi connectivity index (χ4v) is 3.15. The van der Waals surface area contributed by atoms with Gasteiger partial charge in [0.2, 0.25) is 5.91 Å². The number of anilines is 1. The second-order valence-corrected chi connectivity index (χ2v) is 5.15. The van der Waals surface area contributed by atoms with Crippen LogP contribution in [0.2, 0.25) is 0 Å². The van der Waals surface area contributed by atoms with Crippen molar-refractivity contribution in [3.63, 3.8) is 0 Å². The normalized spacial score (nSPS) is 31.6. The summed E-state index contributed by atoms with van der Waals surface area (Å²) >= 11 is 0. The fourth-order valence-electron chi connectivity index (χ4n) is 3.15. The van der Waals surface area contributed by atoms with Gasteiger partial charge in [-0.05, 0) is 25.2 Å². The van der Waals surface area contributed by atoms with Crippen LogP contribution in [0.25, 0.3) is 0 Å². The average Bonchev–Trinajstić information content (AvgIpc) is 3.03. The van der Waals surface area contributed by atoms with Gasteiger partial charge in [0.15, 0.2) is 5.82 Å². The Balaban J connectivity index is 1.79. The van der Waals surface area contributed by atoms with Crippen LogP contribution in [0.15, 0.2) is 22.7 Å². The number of carbonyl (C=O) groups is 2. The second kappa shape index (κ2) is 4.22. The van der Waals surface area contributed by atoms with E-state index in [4.69, 9.17) is 4.52 Å². The molecule has 0 aromatic carbocycles. The lowest BCUT2D eigenvalue weighted by Crippen LogP contribution is -2.36. The van der Waals surface area contributed by atoms with Gasteiger partial charge in [0, 0.05) is 6.07 Å². The summed E-state index contributed by atoms with van der Waals surface area (Å²) in [5, 5.41) is 15.6. The molecule has 4 atom stereocenters. The number of fused-ring (bicyclic) bond motifs is 2. The summed E-state index contributed by atoms with van der Waals surface area (Å²) in [5.41, 5.74) is 0. The summed E-state index contributed by atoms with van der Waals surface area (Å²) < 4.78 is 4.87. The van der Waals surface area contributed by atoms with Crippen molar-refractivity contribution in [1.29, 1.82) is 0 Å². The number of amides is 1. The van der Waals surface area contributed by atoms with E-state index in [0.717, 1.165) is 6.42 Å². The first kappa shape index (κ1) is 12.0. The van der Waals surface area contributed by atoms with E-state index >= 15 is 0 Å². The maximum atomic E-state index is 12.2. The number of hydrogen-bond acceptors (Lipinski definition) is 4. The van der Waals surface area contributed by atoms with Crippen LogP contribution < -0.4 is 5.32 Å². The predicted octanol–water partition coefficient (Wildman–Crippen LogP) is 1.44. The first-order chi connectivity index (χ1) is 9.06. The SMILES string of the molecule is Cc1cc(NC(=O)[C@H]2[C@@H](C(=O)O)[C@H]3C=C[C@H]2C3)no1. The molecular weight excluding hydrogens is 248 g/mol. The Kier molecular flexibility index (Phi) is 2.66. The molecule has 2 aliphatic carbocycles. The van der Waals surface area contributed by atoms with Crippen molar-refractivity contribution in [3.8, 4) is 0 Å². The molecule has 100 valence electrons. The molecule has 2 bridgehead atoms. The molecule has 0 spiro atoms. The van der Waals surface area contributed by atoms with E-state index in [1.54, 1.807) is 13.0 Å². The monoisotopic (exact) mass is 262 g/mol. The highest BCUT2D eigenvalue weighted by Crippen LogP contribution is 2.48. The predicted molar refractivity (Wildman–Crippen MR) is 65.2 cm³/mol. The van der Waals surface area contributed by atoms with Gasteiger partial charge in [0.1, 0.15) is 5.76 Å². The van der Waals surface area contributed by atoms with Gasteiger partial charge in [0.25, 0.3) is 0 Å². The number of carbonyl (C=O) groups excluding carboxylic acids is 1. The number of allylic oxidation sites excluding steroid dienone is 2. The van der Waals surface area contributed by atoms with E-state index < -0.39 is 17.8 Å². The third-order valence-electron chi connectivity index (χ3n) is 3.93. The molecule has 1 aromatic rings. The first-order valence-electron chi connectivity index (χ1n) is 6.21. The molecule has 0 radical (unpaired) electrons. The Morgan fingerprint density at radius 3 is 2.63 bits per heavy atom. The summed E-state index contributed by atoms with van der Waals surface area (Å²) in [4.78, 5) is 23.6. The summed E-state index contributed by atoms with van der Waals surface area (Å²) in [6, 6.07) is 1.61. The van der Waals surface area contributed by atoms with Gasteiger partial charge in [-0.15, -0.1) is 0 Å². The van der Waals surface area contributed by atoms with Crippen molar-refractivity contribution >= 4 is 17.7 Å². The van der Waals surface area contributed by atoms with Crippen LogP contribution in [0, 0.1) is 30.6 Å². The largest absolute Gasteiger partial charge is 0.481 e. The molecular formula is C13H14N2O4. The molecule has 1 amide bonds. The van der Waals surface area contributed by atoms with E-state index in [0.29, 0.717) is 11.6 Å². The molecule has 1 saturated carbocycles. The Hall–Kier alpha value is -2.11. The Morgan fingerprint density at radius 1 is 1.37 bits per heavy atom. The lowest BCUT2D eigenvalue weighted by molar-refractivity contribution is -0.146. The summed E-state index contributed by atoms with van der Waals surface area (Å²) in [7, 11) is 0. The highest BCUT2D eigenvalue weighted by Gasteiger charge is 2.51. The van der Waals surface area contributed by atoms with Crippen LogP contribution in [0.4, 0.5) is 5.82 Å². The molecule has 1 heterocycles. The van der Waals surface area contributed by atoms with Gasteiger partial charge in [-0.25, -0.2) is 0 Å². The zero-order chi connectivity index (χ0) is 13.6. The number of carboxylic acids is 1. The molecule has 0 unspecified atom stereocenters. The highest BCUT2D eigenvalue weighted by atomic mass is 16.5. The Labute approximate surface area is 109 Å². The third-order valence-corrected chi connectivity index (χ3v) is 3.93. The van der Waals surface area contributed by atoms with Crippen LogP contribution in [0.5, 0.6) is 0 Å². The number of carboxylic acid groups (broad SMARTS) is 1. The van der Waals surface area contributed by atoms with Crippen LogP contribution in [0.3, 0.4) is 0 Å². The zero-order valence-electron chi connectivity index (χ0n) is 10.4. The van der Waals surface area contributed by atoms with E-state index in [1.165, 1.54) is 0 Å². The van der Waals surface area contributed by atoms with E-state index in [9.17, 15) is 14.7 Å². The number of nitrogens with zero attached hydrogens (tertiary/aromatic N) is 1. The third kappa shape index (κ3) is 1.93. The van der Waals surface area contributed by atoms with E-state index in [2.05, 4.69) is 10.5 Å². The lowest BCUT2D eigenvalue weighted by Gasteiger charge is -2.23. The molecule has 3 rings (SSSR count). The molecule has 1 aromatic heterocycles. The quantitative estimate of drug-likeness (QED) is 0.804. The topological polar surface area (TPSA) is 92.4 Å². The van der Waals surface area contributed by atoms with Crippen molar-refractivity contribution in [1.82, 2.24) is 5.16 Å². The molecule has 2 N–H and O–H groups in total. The summed E-state index contributed by atoms with van der Waals surface area (Å²) in [5.74, 6) is -1.45. The van der Waals surface area contributed by atoms with Crippen molar-refractivity contribution in [2.24, 2.45) is 23.7 Å². The Morgan fingerprint density at radius 2 is 2.05 bits per heavy atom. The second-order valence-electron chi connectivity index (χ2n) is 5.15. The number of rotatable bonds is 3. The number of aryl methyl sites for hydroxylation is 1. The minimum absolute atomic E-state index is 0.0131. The van der Waals surface area contributed by atoms with Crippen molar-refractivity contribution in [2.75, 3.05) is 5.32 Å². The lowest BCUT2D eigenvalue weighted by atomic mass is 9.82. The standard InChI is InChI=1S/C13H14N2O4/c1-6-4-9(15-19-6)14-12(16)10-7-2-3-8(5-7)11(10)13(17)18/h2-4,7-8,10-11H,5H2,1H3,(H,17,18)(H,14,15,16)/t7-,8-,10+,11-/m0/s1. The minimum atomic E-state index is -0.909. The number of aliphatic carboxylic acids is 1. The van der Waals surface area contributed by atoms with Crippen LogP contribution in [-0.2, 0) is 9.59 Å².